The molecule has 4 aliphatic rings. The van der Waals surface area contributed by atoms with Crippen LogP contribution in [0.5, 0.6) is 0 Å². The van der Waals surface area contributed by atoms with Crippen molar-refractivity contribution < 1.29 is 10.2 Å². The van der Waals surface area contributed by atoms with Gasteiger partial charge in [-0.1, -0.05) is 37.1 Å². The van der Waals surface area contributed by atoms with E-state index in [1.807, 2.05) is 0 Å². The van der Waals surface area contributed by atoms with E-state index in [1.54, 1.807) is 5.57 Å². The van der Waals surface area contributed by atoms with Crippen LogP contribution in [0.2, 0.25) is 0 Å². The molecule has 0 saturated heterocycles. The molecule has 0 aromatic heterocycles. The summed E-state index contributed by atoms with van der Waals surface area (Å²) in [7, 11) is 0. The van der Waals surface area contributed by atoms with Gasteiger partial charge in [-0.25, -0.2) is 0 Å². The third-order valence-corrected chi connectivity index (χ3v) is 7.57. The molecule has 2 heteroatoms. The lowest BCUT2D eigenvalue weighted by Crippen LogP contribution is -2.48. The van der Waals surface area contributed by atoms with Crippen molar-refractivity contribution >= 4 is 0 Å². The molecule has 0 radical (unpaired) electrons. The van der Waals surface area contributed by atoms with Crippen molar-refractivity contribution in [1.82, 2.24) is 0 Å². The van der Waals surface area contributed by atoms with Gasteiger partial charge in [0.25, 0.3) is 0 Å². The number of allylic oxidation sites excluding steroid dienone is 3. The zero-order chi connectivity index (χ0) is 14.9. The molecule has 2 fully saturated rings. The van der Waals surface area contributed by atoms with E-state index in [2.05, 4.69) is 26.0 Å². The lowest BCUT2D eigenvalue weighted by Gasteiger charge is -2.54. The van der Waals surface area contributed by atoms with Crippen LogP contribution in [0.1, 0.15) is 65.2 Å². The number of hydrogen-bond acceptors (Lipinski definition) is 2. The molecule has 2 saturated carbocycles. The number of hydrogen-bond donors (Lipinski definition) is 2. The van der Waals surface area contributed by atoms with Crippen LogP contribution >= 0.6 is 0 Å². The zero-order valence-corrected chi connectivity index (χ0v) is 13.4. The van der Waals surface area contributed by atoms with E-state index < -0.39 is 5.79 Å². The molecule has 4 aliphatic carbocycles. The minimum Gasteiger partial charge on any atom is -0.365 e. The first kappa shape index (κ1) is 14.0. The maximum Gasteiger partial charge on any atom is 0.172 e. The highest BCUT2D eigenvalue weighted by Crippen LogP contribution is 2.64. The maximum absolute atomic E-state index is 10.4. The van der Waals surface area contributed by atoms with E-state index in [0.717, 1.165) is 25.2 Å². The fourth-order valence-corrected chi connectivity index (χ4v) is 6.06. The third-order valence-electron chi connectivity index (χ3n) is 7.57. The second-order valence-corrected chi connectivity index (χ2v) is 8.33. The second kappa shape index (κ2) is 4.23. The Morgan fingerprint density at radius 2 is 1.86 bits per heavy atom. The largest absolute Gasteiger partial charge is 0.365 e. The van der Waals surface area contributed by atoms with Gasteiger partial charge in [-0.3, -0.25) is 0 Å². The Bertz CT molecular complexity index is 530. The highest BCUT2D eigenvalue weighted by atomic mass is 16.5. The van der Waals surface area contributed by atoms with Gasteiger partial charge in [-0.05, 0) is 62.2 Å². The molecule has 0 amide bonds. The molecule has 0 aromatic carbocycles. The predicted molar refractivity (Wildman–Crippen MR) is 83.5 cm³/mol. The van der Waals surface area contributed by atoms with Gasteiger partial charge in [0.15, 0.2) is 5.79 Å². The number of aliphatic hydroxyl groups is 2. The average Bonchev–Trinajstić information content (AvgIpc) is 2.69. The molecule has 0 aromatic rings. The summed E-state index contributed by atoms with van der Waals surface area (Å²) < 4.78 is 0. The van der Waals surface area contributed by atoms with E-state index >= 15 is 0 Å². The van der Waals surface area contributed by atoms with Crippen molar-refractivity contribution in [3.63, 3.8) is 0 Å². The minimum absolute atomic E-state index is 0.316. The summed E-state index contributed by atoms with van der Waals surface area (Å²) >= 11 is 0. The van der Waals surface area contributed by atoms with E-state index in [0.29, 0.717) is 17.8 Å². The van der Waals surface area contributed by atoms with Gasteiger partial charge >= 0.3 is 0 Å². The molecule has 0 bridgehead atoms. The first-order valence-electron chi connectivity index (χ1n) is 8.73. The van der Waals surface area contributed by atoms with Gasteiger partial charge in [0, 0.05) is 11.8 Å². The monoisotopic (exact) mass is 288 g/mol. The van der Waals surface area contributed by atoms with Crippen molar-refractivity contribution in [1.29, 1.82) is 0 Å². The van der Waals surface area contributed by atoms with Crippen LogP contribution in [0, 0.1) is 22.7 Å². The summed E-state index contributed by atoms with van der Waals surface area (Å²) in [4.78, 5) is 0. The number of rotatable bonds is 0. The van der Waals surface area contributed by atoms with Crippen LogP contribution < -0.4 is 0 Å². The van der Waals surface area contributed by atoms with Crippen molar-refractivity contribution in [3.8, 4) is 0 Å². The molecule has 1 unspecified atom stereocenters. The SMILES string of the molecule is C[C@]12C=CCCC1CCC1=C3CCC(O)(O)[C@@]3(C)CC[C@H]12. The van der Waals surface area contributed by atoms with Gasteiger partial charge in [0.2, 0.25) is 0 Å². The molecule has 4 rings (SSSR count). The van der Waals surface area contributed by atoms with Gasteiger partial charge < -0.3 is 10.2 Å². The number of fused-ring (bicyclic) bond motifs is 4. The zero-order valence-electron chi connectivity index (χ0n) is 13.4. The summed E-state index contributed by atoms with van der Waals surface area (Å²) in [6, 6.07) is 0. The van der Waals surface area contributed by atoms with Gasteiger partial charge in [-0.15, -0.1) is 0 Å². The Hall–Kier alpha value is -0.600. The standard InChI is InChI=1S/C19H28O2/c1-17-10-4-3-5-13(17)6-7-14-15(17)8-11-18(2)16(14)9-12-19(18,20)21/h4,10,13,15,20-21H,3,5-9,11-12H2,1-2H3/t13?,15-,17+,18+/m1/s1. The predicted octanol–water partition coefficient (Wildman–Crippen LogP) is 3.94. The lowest BCUT2D eigenvalue weighted by molar-refractivity contribution is -0.218. The Morgan fingerprint density at radius 3 is 2.67 bits per heavy atom. The third kappa shape index (κ3) is 1.66. The molecule has 0 heterocycles. The highest BCUT2D eigenvalue weighted by Gasteiger charge is 2.58. The average molecular weight is 288 g/mol. The van der Waals surface area contributed by atoms with Crippen molar-refractivity contribution in [3.05, 3.63) is 23.3 Å². The van der Waals surface area contributed by atoms with Crippen molar-refractivity contribution in [2.45, 2.75) is 71.0 Å². The smallest absolute Gasteiger partial charge is 0.172 e. The van der Waals surface area contributed by atoms with Crippen molar-refractivity contribution in [2.24, 2.45) is 22.7 Å². The van der Waals surface area contributed by atoms with E-state index in [1.165, 1.54) is 31.3 Å². The van der Waals surface area contributed by atoms with Gasteiger partial charge in [-0.2, -0.15) is 0 Å². The van der Waals surface area contributed by atoms with Crippen molar-refractivity contribution in [2.75, 3.05) is 0 Å². The summed E-state index contributed by atoms with van der Waals surface area (Å²) in [5.41, 5.74) is 2.93. The van der Waals surface area contributed by atoms with Crippen LogP contribution in [0.25, 0.3) is 0 Å². The Kier molecular flexibility index (Phi) is 2.83. The Labute approximate surface area is 127 Å². The Morgan fingerprint density at radius 1 is 1.05 bits per heavy atom. The summed E-state index contributed by atoms with van der Waals surface area (Å²) in [5.74, 6) is -0.0131. The molecule has 4 atom stereocenters. The van der Waals surface area contributed by atoms with Crippen LogP contribution in [0.4, 0.5) is 0 Å². The van der Waals surface area contributed by atoms with E-state index in [9.17, 15) is 10.2 Å². The molecule has 0 spiro atoms. The quantitative estimate of drug-likeness (QED) is 0.523. The summed E-state index contributed by atoms with van der Waals surface area (Å²) in [6.07, 6.45) is 13.4. The fourth-order valence-electron chi connectivity index (χ4n) is 6.06. The second-order valence-electron chi connectivity index (χ2n) is 8.33. The molecular formula is C19H28O2. The molecular weight excluding hydrogens is 260 g/mol. The van der Waals surface area contributed by atoms with E-state index in [4.69, 9.17) is 0 Å². The van der Waals surface area contributed by atoms with Crippen LogP contribution in [0.3, 0.4) is 0 Å². The van der Waals surface area contributed by atoms with Gasteiger partial charge in [0.1, 0.15) is 0 Å². The van der Waals surface area contributed by atoms with E-state index in [-0.39, 0.29) is 5.41 Å². The first-order chi connectivity index (χ1) is 9.88. The summed E-state index contributed by atoms with van der Waals surface area (Å²) in [6.45, 7) is 4.55. The fraction of sp³-hybridized carbons (Fsp3) is 0.789. The molecule has 2 N–H and O–H groups in total. The van der Waals surface area contributed by atoms with Gasteiger partial charge in [0.05, 0.1) is 0 Å². The molecule has 0 aliphatic heterocycles. The Balaban J connectivity index is 1.81. The minimum atomic E-state index is -1.49. The first-order valence-corrected chi connectivity index (χ1v) is 8.73. The highest BCUT2D eigenvalue weighted by molar-refractivity contribution is 5.37. The lowest BCUT2D eigenvalue weighted by atomic mass is 9.51. The summed E-state index contributed by atoms with van der Waals surface area (Å²) in [5, 5.41) is 20.9. The van der Waals surface area contributed by atoms with Crippen LogP contribution in [0.15, 0.2) is 23.3 Å². The van der Waals surface area contributed by atoms with Crippen LogP contribution in [-0.4, -0.2) is 16.0 Å². The van der Waals surface area contributed by atoms with Crippen LogP contribution in [-0.2, 0) is 0 Å². The molecule has 2 nitrogen and oxygen atoms in total. The molecule has 116 valence electrons. The molecule has 21 heavy (non-hydrogen) atoms. The topological polar surface area (TPSA) is 40.5 Å². The normalized spacial score (nSPS) is 47.8. The maximum atomic E-state index is 10.4.